The van der Waals surface area contributed by atoms with Gasteiger partial charge >= 0.3 is 0 Å². The van der Waals surface area contributed by atoms with Crippen molar-refractivity contribution in [2.45, 2.75) is 24.4 Å². The molecule has 1 aliphatic heterocycles. The van der Waals surface area contributed by atoms with Crippen molar-refractivity contribution in [1.82, 2.24) is 0 Å². The third-order valence-electron chi connectivity index (χ3n) is 1.74. The van der Waals surface area contributed by atoms with Crippen LogP contribution >= 0.6 is 0 Å². The van der Waals surface area contributed by atoms with Crippen LogP contribution in [0.5, 0.6) is 0 Å². The molecule has 5 heteroatoms. The Labute approximate surface area is 63.8 Å². The zero-order valence-electron chi connectivity index (χ0n) is 5.97. The topological polar surface area (TPSA) is 90.2 Å². The van der Waals surface area contributed by atoms with Crippen LogP contribution in [0.3, 0.4) is 0 Å². The van der Waals surface area contributed by atoms with Crippen molar-refractivity contribution in [1.29, 1.82) is 0 Å². The van der Waals surface area contributed by atoms with Gasteiger partial charge in [-0.2, -0.15) is 0 Å². The molecule has 0 saturated carbocycles. The molecule has 1 aliphatic rings. The fraction of sp³-hybridized carbons (Fsp3) is 1.00. The molecule has 0 aromatic rings. The summed E-state index contributed by atoms with van der Waals surface area (Å²) < 4.78 is 4.69. The average Bonchev–Trinajstić information content (AvgIpc) is 1.98. The smallest absolute Gasteiger partial charge is 0.191 e. The van der Waals surface area contributed by atoms with Crippen molar-refractivity contribution >= 4 is 0 Å². The van der Waals surface area contributed by atoms with E-state index in [0.29, 0.717) is 0 Å². The van der Waals surface area contributed by atoms with E-state index in [-0.39, 0.29) is 13.0 Å². The van der Waals surface area contributed by atoms with Crippen LogP contribution in [0.2, 0.25) is 0 Å². The van der Waals surface area contributed by atoms with Crippen LogP contribution in [-0.4, -0.2) is 51.6 Å². The molecule has 11 heavy (non-hydrogen) atoms. The molecule has 4 N–H and O–H groups in total. The van der Waals surface area contributed by atoms with Crippen LogP contribution in [0.4, 0.5) is 0 Å². The van der Waals surface area contributed by atoms with Gasteiger partial charge in [-0.25, -0.2) is 0 Å². The van der Waals surface area contributed by atoms with Crippen LogP contribution in [0.25, 0.3) is 0 Å². The minimum atomic E-state index is -1.68. The molecule has 5 nitrogen and oxygen atoms in total. The molecular weight excluding hydrogens is 152 g/mol. The van der Waals surface area contributed by atoms with E-state index < -0.39 is 24.6 Å². The minimum absolute atomic E-state index is 0.155. The first kappa shape index (κ1) is 8.89. The lowest BCUT2D eigenvalue weighted by Gasteiger charge is -2.35. The molecule has 1 fully saturated rings. The largest absolute Gasteiger partial charge is 0.391 e. The molecule has 0 aromatic carbocycles. The Morgan fingerprint density at radius 1 is 1.36 bits per heavy atom. The molecule has 0 aliphatic carbocycles. The first-order valence-corrected chi connectivity index (χ1v) is 3.41. The number of aliphatic hydroxyl groups excluding tert-OH is 3. The molecule has 0 spiro atoms. The average molecular weight is 164 g/mol. The van der Waals surface area contributed by atoms with Gasteiger partial charge in [0, 0.05) is 6.42 Å². The first-order valence-electron chi connectivity index (χ1n) is 3.41. The SMILES string of the molecule is OCC1(O)CC(O)C(O)CO1. The molecule has 1 heterocycles. The molecule has 0 amide bonds. The third-order valence-corrected chi connectivity index (χ3v) is 1.74. The number of hydrogen-bond donors (Lipinski definition) is 4. The second kappa shape index (κ2) is 3.04. The lowest BCUT2D eigenvalue weighted by molar-refractivity contribution is -0.282. The fourth-order valence-corrected chi connectivity index (χ4v) is 0.984. The molecule has 0 aromatic heterocycles. The van der Waals surface area contributed by atoms with Crippen molar-refractivity contribution in [3.05, 3.63) is 0 Å². The van der Waals surface area contributed by atoms with E-state index in [1.54, 1.807) is 0 Å². The zero-order chi connectivity index (χ0) is 8.48. The molecule has 0 bridgehead atoms. The Morgan fingerprint density at radius 3 is 2.45 bits per heavy atom. The van der Waals surface area contributed by atoms with Crippen molar-refractivity contribution in [2.75, 3.05) is 13.2 Å². The Bertz CT molecular complexity index is 139. The third kappa shape index (κ3) is 1.88. The van der Waals surface area contributed by atoms with Gasteiger partial charge in [0.25, 0.3) is 0 Å². The van der Waals surface area contributed by atoms with Crippen LogP contribution < -0.4 is 0 Å². The van der Waals surface area contributed by atoms with Gasteiger partial charge in [0.2, 0.25) is 0 Å². The normalized spacial score (nSPS) is 45.8. The summed E-state index contributed by atoms with van der Waals surface area (Å²) >= 11 is 0. The van der Waals surface area contributed by atoms with Crippen LogP contribution in [0, 0.1) is 0 Å². The van der Waals surface area contributed by atoms with Crippen molar-refractivity contribution in [3.63, 3.8) is 0 Å². The van der Waals surface area contributed by atoms with E-state index in [4.69, 9.17) is 20.1 Å². The van der Waals surface area contributed by atoms with Crippen molar-refractivity contribution in [3.8, 4) is 0 Å². The molecule has 3 atom stereocenters. The second-order valence-electron chi connectivity index (χ2n) is 2.75. The molecular formula is C6H12O5. The summed E-state index contributed by atoms with van der Waals surface area (Å²) in [6.07, 6.45) is -2.16. The summed E-state index contributed by atoms with van der Waals surface area (Å²) in [5.74, 6) is -1.68. The summed E-state index contributed by atoms with van der Waals surface area (Å²) in [6, 6.07) is 0. The van der Waals surface area contributed by atoms with Crippen molar-refractivity contribution < 1.29 is 25.2 Å². The highest BCUT2D eigenvalue weighted by Crippen LogP contribution is 2.21. The van der Waals surface area contributed by atoms with Gasteiger partial charge in [-0.15, -0.1) is 0 Å². The van der Waals surface area contributed by atoms with Crippen molar-refractivity contribution in [2.24, 2.45) is 0 Å². The molecule has 1 saturated heterocycles. The number of rotatable bonds is 1. The summed E-state index contributed by atoms with van der Waals surface area (Å²) in [6.45, 7) is -0.727. The highest BCUT2D eigenvalue weighted by atomic mass is 16.6. The van der Waals surface area contributed by atoms with Crippen LogP contribution in [0.1, 0.15) is 6.42 Å². The van der Waals surface area contributed by atoms with Gasteiger partial charge in [-0.05, 0) is 0 Å². The van der Waals surface area contributed by atoms with E-state index in [1.807, 2.05) is 0 Å². The highest BCUT2D eigenvalue weighted by molar-refractivity contribution is 4.81. The van der Waals surface area contributed by atoms with Crippen LogP contribution in [-0.2, 0) is 4.74 Å². The Balaban J connectivity index is 2.51. The quantitative estimate of drug-likeness (QED) is 0.353. The number of hydrogen-bond acceptors (Lipinski definition) is 5. The molecule has 0 radical (unpaired) electrons. The predicted molar refractivity (Wildman–Crippen MR) is 34.6 cm³/mol. The van der Waals surface area contributed by atoms with Gasteiger partial charge in [0.1, 0.15) is 6.10 Å². The maximum atomic E-state index is 9.22. The van der Waals surface area contributed by atoms with Crippen LogP contribution in [0.15, 0.2) is 0 Å². The zero-order valence-corrected chi connectivity index (χ0v) is 5.97. The second-order valence-corrected chi connectivity index (χ2v) is 2.75. The predicted octanol–water partition coefficient (Wildman–Crippen LogP) is -2.19. The van der Waals surface area contributed by atoms with E-state index in [1.165, 1.54) is 0 Å². The first-order chi connectivity index (χ1) is 5.07. The highest BCUT2D eigenvalue weighted by Gasteiger charge is 2.38. The Kier molecular flexibility index (Phi) is 2.46. The Morgan fingerprint density at radius 2 is 2.00 bits per heavy atom. The van der Waals surface area contributed by atoms with Gasteiger partial charge < -0.3 is 25.2 Å². The number of aliphatic hydroxyl groups is 4. The maximum Gasteiger partial charge on any atom is 0.191 e. The summed E-state index contributed by atoms with van der Waals surface area (Å²) in [5, 5.41) is 35.8. The van der Waals surface area contributed by atoms with E-state index >= 15 is 0 Å². The standard InChI is InChI=1S/C6H12O5/c7-3-6(10)1-4(8)5(9)2-11-6/h4-5,7-10H,1-3H2. The molecule has 3 unspecified atom stereocenters. The van der Waals surface area contributed by atoms with Gasteiger partial charge in [-0.3, -0.25) is 0 Å². The lowest BCUT2D eigenvalue weighted by atomic mass is 10.0. The summed E-state index contributed by atoms with van der Waals surface area (Å²) in [5.41, 5.74) is 0. The fourth-order valence-electron chi connectivity index (χ4n) is 0.984. The Hall–Kier alpha value is -0.200. The monoisotopic (exact) mass is 164 g/mol. The minimum Gasteiger partial charge on any atom is -0.391 e. The number of ether oxygens (including phenoxy) is 1. The summed E-state index contributed by atoms with van der Waals surface area (Å²) in [4.78, 5) is 0. The molecule has 66 valence electrons. The van der Waals surface area contributed by atoms with Gasteiger partial charge in [-0.1, -0.05) is 0 Å². The van der Waals surface area contributed by atoms with E-state index in [2.05, 4.69) is 0 Å². The summed E-state index contributed by atoms with van der Waals surface area (Å²) in [7, 11) is 0. The van der Waals surface area contributed by atoms with Gasteiger partial charge in [0.05, 0.1) is 19.3 Å². The van der Waals surface area contributed by atoms with Gasteiger partial charge in [0.15, 0.2) is 5.79 Å². The lowest BCUT2D eigenvalue weighted by Crippen LogP contribution is -2.51. The maximum absolute atomic E-state index is 9.22. The van der Waals surface area contributed by atoms with E-state index in [9.17, 15) is 5.11 Å². The molecule has 1 rings (SSSR count). The van der Waals surface area contributed by atoms with E-state index in [0.717, 1.165) is 0 Å².